The van der Waals surface area contributed by atoms with Gasteiger partial charge in [0.1, 0.15) is 18.2 Å². The molecular weight excluding hydrogens is 274 g/mol. The zero-order chi connectivity index (χ0) is 14.1. The summed E-state index contributed by atoms with van der Waals surface area (Å²) in [6, 6.07) is 5.93. The molecule has 2 heterocycles. The molecule has 0 saturated heterocycles. The van der Waals surface area contributed by atoms with E-state index in [9.17, 15) is 5.11 Å². The van der Waals surface area contributed by atoms with Gasteiger partial charge in [0.2, 0.25) is 0 Å². The van der Waals surface area contributed by atoms with Gasteiger partial charge in [-0.25, -0.2) is 4.98 Å². The average molecular weight is 291 g/mol. The van der Waals surface area contributed by atoms with E-state index in [1.807, 2.05) is 25.1 Å². The van der Waals surface area contributed by atoms with E-state index in [1.165, 1.54) is 0 Å². The number of thioether (sulfide) groups is 1. The number of fused-ring (bicyclic) bond motifs is 2. The predicted molar refractivity (Wildman–Crippen MR) is 79.7 cm³/mol. The lowest BCUT2D eigenvalue weighted by atomic mass is 10.1. The summed E-state index contributed by atoms with van der Waals surface area (Å²) in [5.41, 5.74) is 0. The molecule has 5 heteroatoms. The minimum absolute atomic E-state index is 0.0845. The van der Waals surface area contributed by atoms with Crippen LogP contribution in [-0.2, 0) is 0 Å². The van der Waals surface area contributed by atoms with Gasteiger partial charge in [-0.05, 0) is 30.5 Å². The zero-order valence-electron chi connectivity index (χ0n) is 11.5. The van der Waals surface area contributed by atoms with Crippen LogP contribution in [0.15, 0.2) is 29.4 Å². The maximum atomic E-state index is 9.65. The van der Waals surface area contributed by atoms with E-state index in [-0.39, 0.29) is 11.4 Å². The van der Waals surface area contributed by atoms with E-state index in [0.29, 0.717) is 13.2 Å². The van der Waals surface area contributed by atoms with E-state index in [0.717, 1.165) is 27.3 Å². The van der Waals surface area contributed by atoms with Gasteiger partial charge in [-0.3, -0.25) is 0 Å². The smallest absolute Gasteiger partial charge is 0.162 e. The second-order valence-corrected chi connectivity index (χ2v) is 6.26. The van der Waals surface area contributed by atoms with Crippen molar-refractivity contribution in [2.75, 3.05) is 13.2 Å². The molecule has 0 aliphatic carbocycles. The molecule has 2 unspecified atom stereocenters. The summed E-state index contributed by atoms with van der Waals surface area (Å²) in [4.78, 5) is 4.43. The molecule has 0 amide bonds. The van der Waals surface area contributed by atoms with Gasteiger partial charge in [0.15, 0.2) is 11.5 Å². The normalized spacial score (nSPS) is 16.9. The van der Waals surface area contributed by atoms with Crippen LogP contribution in [0.1, 0.15) is 13.8 Å². The largest absolute Gasteiger partial charge is 0.486 e. The molecule has 1 aliphatic rings. The second-order valence-electron chi connectivity index (χ2n) is 4.90. The van der Waals surface area contributed by atoms with Gasteiger partial charge in [0.25, 0.3) is 0 Å². The first-order valence-electron chi connectivity index (χ1n) is 6.68. The fourth-order valence-electron chi connectivity index (χ4n) is 2.05. The van der Waals surface area contributed by atoms with E-state index >= 15 is 0 Å². The van der Waals surface area contributed by atoms with Gasteiger partial charge < -0.3 is 14.6 Å². The fourth-order valence-corrected chi connectivity index (χ4v) is 3.03. The number of aromatic nitrogens is 1. The van der Waals surface area contributed by atoms with Crippen LogP contribution in [0.4, 0.5) is 0 Å². The number of ether oxygens (including phenoxy) is 2. The van der Waals surface area contributed by atoms with Crippen LogP contribution in [0.5, 0.6) is 11.5 Å². The first-order chi connectivity index (χ1) is 9.65. The summed E-state index contributed by atoms with van der Waals surface area (Å²) >= 11 is 1.57. The molecule has 0 spiro atoms. The van der Waals surface area contributed by atoms with Gasteiger partial charge >= 0.3 is 0 Å². The molecule has 2 atom stereocenters. The van der Waals surface area contributed by atoms with E-state index in [1.54, 1.807) is 24.9 Å². The second kappa shape index (κ2) is 5.50. The lowest BCUT2D eigenvalue weighted by Gasteiger charge is -2.20. The molecule has 20 heavy (non-hydrogen) atoms. The molecule has 0 bridgehead atoms. The quantitative estimate of drug-likeness (QED) is 0.881. The third kappa shape index (κ3) is 2.55. The van der Waals surface area contributed by atoms with Crippen molar-refractivity contribution in [3.05, 3.63) is 24.4 Å². The highest BCUT2D eigenvalue weighted by molar-refractivity contribution is 8.00. The SMILES string of the molecule is CC(O)C(C)Sc1nccc2cc3c(cc12)OCCO3. The first kappa shape index (κ1) is 13.5. The van der Waals surface area contributed by atoms with Gasteiger partial charge in [0, 0.05) is 16.8 Å². The van der Waals surface area contributed by atoms with E-state index in [4.69, 9.17) is 9.47 Å². The van der Waals surface area contributed by atoms with Gasteiger partial charge in [-0.2, -0.15) is 0 Å². The Balaban J connectivity index is 2.04. The minimum atomic E-state index is -0.380. The van der Waals surface area contributed by atoms with Crippen LogP contribution in [0.3, 0.4) is 0 Å². The molecule has 0 fully saturated rings. The van der Waals surface area contributed by atoms with Crippen molar-refractivity contribution in [3.63, 3.8) is 0 Å². The van der Waals surface area contributed by atoms with Crippen molar-refractivity contribution in [3.8, 4) is 11.5 Å². The highest BCUT2D eigenvalue weighted by Crippen LogP contribution is 2.38. The summed E-state index contributed by atoms with van der Waals surface area (Å²) in [6.45, 7) is 4.95. The van der Waals surface area contributed by atoms with Crippen molar-refractivity contribution in [1.29, 1.82) is 0 Å². The number of hydrogen-bond donors (Lipinski definition) is 1. The Hall–Kier alpha value is -1.46. The fraction of sp³-hybridized carbons (Fsp3) is 0.400. The summed E-state index contributed by atoms with van der Waals surface area (Å²) < 4.78 is 11.2. The molecule has 1 aliphatic heterocycles. The Kier molecular flexibility index (Phi) is 3.72. The lowest BCUT2D eigenvalue weighted by molar-refractivity contribution is 0.172. The summed E-state index contributed by atoms with van der Waals surface area (Å²) in [6.07, 6.45) is 1.41. The molecule has 106 valence electrons. The van der Waals surface area contributed by atoms with E-state index in [2.05, 4.69) is 4.98 Å². The maximum Gasteiger partial charge on any atom is 0.162 e. The molecule has 2 aromatic rings. The highest BCUT2D eigenvalue weighted by atomic mass is 32.2. The zero-order valence-corrected chi connectivity index (χ0v) is 12.3. The third-order valence-electron chi connectivity index (χ3n) is 3.37. The molecule has 0 saturated carbocycles. The average Bonchev–Trinajstić information content (AvgIpc) is 2.45. The van der Waals surface area contributed by atoms with E-state index < -0.39 is 0 Å². The lowest BCUT2D eigenvalue weighted by Crippen LogP contribution is -2.16. The maximum absolute atomic E-state index is 9.65. The van der Waals surface area contributed by atoms with Crippen molar-refractivity contribution in [2.24, 2.45) is 0 Å². The van der Waals surface area contributed by atoms with Crippen LogP contribution in [0, 0.1) is 0 Å². The summed E-state index contributed by atoms with van der Waals surface area (Å²) in [5, 5.41) is 12.8. The molecule has 1 N–H and O–H groups in total. The van der Waals surface area contributed by atoms with Crippen molar-refractivity contribution in [1.82, 2.24) is 4.98 Å². The van der Waals surface area contributed by atoms with Crippen molar-refractivity contribution in [2.45, 2.75) is 30.2 Å². The van der Waals surface area contributed by atoms with Crippen LogP contribution < -0.4 is 9.47 Å². The number of aliphatic hydroxyl groups is 1. The van der Waals surface area contributed by atoms with Crippen LogP contribution in [0.25, 0.3) is 10.8 Å². The Morgan fingerprint density at radius 3 is 2.60 bits per heavy atom. The number of rotatable bonds is 3. The molecule has 3 rings (SSSR count). The number of hydrogen-bond acceptors (Lipinski definition) is 5. The van der Waals surface area contributed by atoms with Crippen LogP contribution in [-0.4, -0.2) is 34.7 Å². The monoisotopic (exact) mass is 291 g/mol. The molecule has 0 radical (unpaired) electrons. The number of aliphatic hydroxyl groups excluding tert-OH is 1. The van der Waals surface area contributed by atoms with Gasteiger partial charge in [-0.1, -0.05) is 6.92 Å². The van der Waals surface area contributed by atoms with Crippen molar-refractivity contribution < 1.29 is 14.6 Å². The predicted octanol–water partition coefficient (Wildman–Crippen LogP) is 2.87. The topological polar surface area (TPSA) is 51.6 Å². The minimum Gasteiger partial charge on any atom is -0.486 e. The number of nitrogens with zero attached hydrogens (tertiary/aromatic N) is 1. The Morgan fingerprint density at radius 1 is 1.20 bits per heavy atom. The molecule has 1 aromatic carbocycles. The van der Waals surface area contributed by atoms with Gasteiger partial charge in [-0.15, -0.1) is 11.8 Å². The van der Waals surface area contributed by atoms with Gasteiger partial charge in [0.05, 0.1) is 6.10 Å². The molecule has 1 aromatic heterocycles. The number of benzene rings is 1. The summed E-state index contributed by atoms with van der Waals surface area (Å²) in [7, 11) is 0. The Bertz CT molecular complexity index is 630. The van der Waals surface area contributed by atoms with Crippen LogP contribution >= 0.6 is 11.8 Å². The highest BCUT2D eigenvalue weighted by Gasteiger charge is 2.17. The molecule has 4 nitrogen and oxygen atoms in total. The standard InChI is InChI=1S/C15H17NO3S/c1-9(17)10(2)20-15-12-8-14-13(18-5-6-19-14)7-11(12)3-4-16-15/h3-4,7-10,17H,5-6H2,1-2H3. The Labute approximate surface area is 122 Å². The molecular formula is C15H17NO3S. The van der Waals surface area contributed by atoms with Crippen LogP contribution in [0.2, 0.25) is 0 Å². The third-order valence-corrected chi connectivity index (χ3v) is 4.68. The Morgan fingerprint density at radius 2 is 1.90 bits per heavy atom. The van der Waals surface area contributed by atoms with Crippen molar-refractivity contribution >= 4 is 22.5 Å². The summed E-state index contributed by atoms with van der Waals surface area (Å²) in [5.74, 6) is 1.55. The first-order valence-corrected chi connectivity index (χ1v) is 7.56. The number of pyridine rings is 1.